The fourth-order valence-electron chi connectivity index (χ4n) is 1.47. The summed E-state index contributed by atoms with van der Waals surface area (Å²) in [7, 11) is 0. The van der Waals surface area contributed by atoms with Gasteiger partial charge >= 0.3 is 0 Å². The normalized spacial score (nSPS) is 11.9. The van der Waals surface area contributed by atoms with Gasteiger partial charge in [-0.15, -0.1) is 0 Å². The van der Waals surface area contributed by atoms with E-state index in [-0.39, 0.29) is 5.75 Å². The van der Waals surface area contributed by atoms with Crippen molar-refractivity contribution >= 4 is 40.0 Å². The van der Waals surface area contributed by atoms with Crippen LogP contribution in [0.25, 0.3) is 0 Å². The summed E-state index contributed by atoms with van der Waals surface area (Å²) >= 11 is 3.12. The second-order valence-electron chi connectivity index (χ2n) is 3.67. The maximum atomic E-state index is 10.6. The first-order valence-electron chi connectivity index (χ1n) is 5.24. The van der Waals surface area contributed by atoms with E-state index in [0.29, 0.717) is 16.4 Å². The Kier molecular flexibility index (Phi) is 4.26. The van der Waals surface area contributed by atoms with Gasteiger partial charge in [-0.1, -0.05) is 11.6 Å². The molecule has 2 aromatic rings. The van der Waals surface area contributed by atoms with Crippen LogP contribution in [-0.4, -0.2) is 8.76 Å². The van der Waals surface area contributed by atoms with E-state index in [2.05, 4.69) is 9.50 Å². The highest BCUT2D eigenvalue weighted by atomic mass is 35.5. The van der Waals surface area contributed by atoms with E-state index in [1.165, 1.54) is 6.07 Å². The Morgan fingerprint density at radius 3 is 2.53 bits per heavy atom. The Labute approximate surface area is 117 Å². The summed E-state index contributed by atoms with van der Waals surface area (Å²) in [6, 6.07) is 11.6. The Morgan fingerprint density at radius 2 is 1.89 bits per heavy atom. The summed E-state index contributed by atoms with van der Waals surface area (Å²) in [5.41, 5.74) is 7.23. The molecule has 1 atom stereocenters. The summed E-state index contributed by atoms with van der Waals surface area (Å²) in [5, 5.41) is 3.63. The highest BCUT2D eigenvalue weighted by molar-refractivity contribution is 7.74. The molecule has 7 heteroatoms. The molecule has 0 radical (unpaired) electrons. The summed E-state index contributed by atoms with van der Waals surface area (Å²) in [6.07, 6.45) is 0. The lowest BCUT2D eigenvalue weighted by molar-refractivity contribution is 0.441. The molecule has 5 nitrogen and oxygen atoms in total. The molecule has 100 valence electrons. The van der Waals surface area contributed by atoms with Gasteiger partial charge < -0.3 is 19.8 Å². The zero-order valence-electron chi connectivity index (χ0n) is 9.63. The zero-order chi connectivity index (χ0) is 13.8. The minimum atomic E-state index is -2.66. The second kappa shape index (κ2) is 5.92. The van der Waals surface area contributed by atoms with Gasteiger partial charge in [0.05, 0.1) is 5.69 Å². The average Bonchev–Trinajstić information content (AvgIpc) is 2.34. The molecule has 0 heterocycles. The van der Waals surface area contributed by atoms with E-state index >= 15 is 0 Å². The highest BCUT2D eigenvalue weighted by Crippen LogP contribution is 2.30. The minimum absolute atomic E-state index is 0.128. The number of benzene rings is 2. The molecule has 0 fully saturated rings. The summed E-state index contributed by atoms with van der Waals surface area (Å²) in [4.78, 5) is 0. The highest BCUT2D eigenvalue weighted by Gasteiger charge is 2.06. The monoisotopic (exact) mass is 297 g/mol. The number of nitrogens with one attached hydrogen (secondary N) is 1. The van der Waals surface area contributed by atoms with Crippen LogP contribution in [0, 0.1) is 0 Å². The van der Waals surface area contributed by atoms with E-state index in [1.54, 1.807) is 36.4 Å². The number of hydrogen-bond acceptors (Lipinski definition) is 5. The van der Waals surface area contributed by atoms with Gasteiger partial charge in [-0.25, -0.2) is 4.21 Å². The third kappa shape index (κ3) is 3.85. The lowest BCUT2D eigenvalue weighted by Crippen LogP contribution is -2.02. The molecule has 0 saturated heterocycles. The Balaban J connectivity index is 2.28. The molecule has 0 saturated carbocycles. The maximum absolute atomic E-state index is 10.6. The Hall–Kier alpha value is -1.76. The van der Waals surface area contributed by atoms with E-state index in [1.807, 2.05) is 0 Å². The Bertz CT molecular complexity index is 604. The number of halogens is 1. The molecule has 2 aromatic carbocycles. The molecule has 0 amide bonds. The quantitative estimate of drug-likeness (QED) is 0.669. The van der Waals surface area contributed by atoms with E-state index in [9.17, 15) is 8.76 Å². The summed E-state index contributed by atoms with van der Waals surface area (Å²) in [6.45, 7) is 0. The van der Waals surface area contributed by atoms with Gasteiger partial charge in [-0.3, -0.25) is 0 Å². The smallest absolute Gasteiger partial charge is 0.164 e. The summed E-state index contributed by atoms with van der Waals surface area (Å²) < 4.78 is 25.9. The number of anilines is 3. The van der Waals surface area contributed by atoms with Crippen molar-refractivity contribution in [3.8, 4) is 5.75 Å². The van der Waals surface area contributed by atoms with Crippen molar-refractivity contribution in [3.63, 3.8) is 0 Å². The van der Waals surface area contributed by atoms with Crippen LogP contribution in [0.5, 0.6) is 5.75 Å². The molecule has 19 heavy (non-hydrogen) atoms. The lowest BCUT2D eigenvalue weighted by atomic mass is 10.2. The predicted octanol–water partition coefficient (Wildman–Crippen LogP) is 2.84. The van der Waals surface area contributed by atoms with Gasteiger partial charge in [0.25, 0.3) is 0 Å². The van der Waals surface area contributed by atoms with Crippen molar-refractivity contribution in [2.24, 2.45) is 0 Å². The van der Waals surface area contributed by atoms with Crippen molar-refractivity contribution in [2.45, 2.75) is 0 Å². The SMILES string of the molecule is Nc1ccc(Nc2ccc(Cl)cc2)c(OS(=O)[O-])c1. The van der Waals surface area contributed by atoms with Gasteiger partial charge in [0.1, 0.15) is 11.4 Å². The first kappa shape index (κ1) is 13.7. The number of rotatable bonds is 4. The van der Waals surface area contributed by atoms with Crippen LogP contribution in [0.3, 0.4) is 0 Å². The van der Waals surface area contributed by atoms with Gasteiger partial charge in [0.15, 0.2) is 5.75 Å². The van der Waals surface area contributed by atoms with Crippen LogP contribution in [0.2, 0.25) is 5.02 Å². The van der Waals surface area contributed by atoms with E-state index < -0.39 is 11.4 Å². The molecule has 3 N–H and O–H groups in total. The van der Waals surface area contributed by atoms with Crippen molar-refractivity contribution < 1.29 is 12.9 Å². The van der Waals surface area contributed by atoms with Crippen LogP contribution in [0.1, 0.15) is 0 Å². The molecule has 0 aliphatic heterocycles. The predicted molar refractivity (Wildman–Crippen MR) is 75.1 cm³/mol. The van der Waals surface area contributed by atoms with Crippen molar-refractivity contribution in [1.82, 2.24) is 0 Å². The van der Waals surface area contributed by atoms with Crippen LogP contribution in [0.15, 0.2) is 42.5 Å². The molecule has 0 aliphatic carbocycles. The van der Waals surface area contributed by atoms with Gasteiger partial charge in [-0.2, -0.15) is 0 Å². The largest absolute Gasteiger partial charge is 0.740 e. The molecule has 0 bridgehead atoms. The van der Waals surface area contributed by atoms with Crippen LogP contribution < -0.4 is 15.2 Å². The second-order valence-corrected chi connectivity index (χ2v) is 4.69. The fourth-order valence-corrected chi connectivity index (χ4v) is 1.88. The fraction of sp³-hybridized carbons (Fsp3) is 0. The lowest BCUT2D eigenvalue weighted by Gasteiger charge is -2.14. The van der Waals surface area contributed by atoms with Crippen molar-refractivity contribution in [2.75, 3.05) is 11.1 Å². The topological polar surface area (TPSA) is 87.4 Å². The summed E-state index contributed by atoms with van der Waals surface area (Å²) in [5.74, 6) is 0.128. The molecule has 1 unspecified atom stereocenters. The van der Waals surface area contributed by atoms with Gasteiger partial charge in [-0.05, 0) is 36.4 Å². The van der Waals surface area contributed by atoms with Crippen LogP contribution in [-0.2, 0) is 11.4 Å². The van der Waals surface area contributed by atoms with E-state index in [0.717, 1.165) is 5.69 Å². The van der Waals surface area contributed by atoms with Gasteiger partial charge in [0.2, 0.25) is 0 Å². The van der Waals surface area contributed by atoms with Crippen LogP contribution in [0.4, 0.5) is 17.1 Å². The first-order chi connectivity index (χ1) is 9.04. The molecular weight excluding hydrogens is 288 g/mol. The number of nitrogens with two attached hydrogens (primary N) is 1. The third-order valence-corrected chi connectivity index (χ3v) is 2.85. The minimum Gasteiger partial charge on any atom is -0.740 e. The third-order valence-electron chi connectivity index (χ3n) is 2.29. The number of hydrogen-bond donors (Lipinski definition) is 2. The average molecular weight is 298 g/mol. The molecular formula is C12H10ClN2O3S-. The molecule has 2 rings (SSSR count). The van der Waals surface area contributed by atoms with Crippen LogP contribution >= 0.6 is 11.6 Å². The number of nitrogen functional groups attached to an aromatic ring is 1. The van der Waals surface area contributed by atoms with E-state index in [4.69, 9.17) is 17.3 Å². The van der Waals surface area contributed by atoms with Gasteiger partial charge in [0, 0.05) is 22.5 Å². The first-order valence-corrected chi connectivity index (χ1v) is 6.62. The maximum Gasteiger partial charge on any atom is 0.164 e. The molecule has 0 spiro atoms. The zero-order valence-corrected chi connectivity index (χ0v) is 11.2. The molecule has 0 aliphatic rings. The standard InChI is InChI=1S/C12H11ClN2O3S/c13-8-1-4-10(5-2-8)15-11-6-3-9(14)7-12(11)18-19(16)17/h1-7,15H,14H2,(H,16,17)/p-1. The van der Waals surface area contributed by atoms with Crippen molar-refractivity contribution in [1.29, 1.82) is 0 Å². The Morgan fingerprint density at radius 1 is 1.21 bits per heavy atom. The van der Waals surface area contributed by atoms with Crippen molar-refractivity contribution in [3.05, 3.63) is 47.5 Å². The molecule has 0 aromatic heterocycles.